The summed E-state index contributed by atoms with van der Waals surface area (Å²) in [6, 6.07) is 10.5. The number of benzene rings is 1. The molecule has 1 aromatic carbocycles. The van der Waals surface area contributed by atoms with Gasteiger partial charge in [-0.2, -0.15) is 0 Å². The number of Topliss-reactive ketones (excluding diaryl/α,β-unsaturated/α-hetero) is 1. The molecule has 2 heteroatoms. The van der Waals surface area contributed by atoms with E-state index in [1.54, 1.807) is 0 Å². The first-order valence-electron chi connectivity index (χ1n) is 5.45. The first-order valence-corrected chi connectivity index (χ1v) is 5.98. The van der Waals surface area contributed by atoms with Crippen LogP contribution < -0.4 is 0 Å². The highest BCUT2D eigenvalue weighted by molar-refractivity contribution is 6.27. The minimum atomic E-state index is 0.173. The molecule has 0 saturated heterocycles. The molecule has 1 aliphatic rings. The van der Waals surface area contributed by atoms with Crippen molar-refractivity contribution in [3.8, 4) is 0 Å². The van der Waals surface area contributed by atoms with Crippen LogP contribution in [0.3, 0.4) is 0 Å². The number of hydrogen-bond donors (Lipinski definition) is 0. The summed E-state index contributed by atoms with van der Waals surface area (Å²) >= 11 is 5.58. The average Bonchev–Trinajstić information content (AvgIpc) is 2.78. The van der Waals surface area contributed by atoms with Crippen LogP contribution in [0.15, 0.2) is 30.3 Å². The SMILES string of the molecule is O=C(CCl)[C@H]1CC[C@@H](c2ccccc2)C1. The van der Waals surface area contributed by atoms with Gasteiger partial charge in [-0.05, 0) is 30.7 Å². The van der Waals surface area contributed by atoms with Crippen LogP contribution >= 0.6 is 11.6 Å². The molecule has 0 radical (unpaired) electrons. The molecule has 1 saturated carbocycles. The maximum Gasteiger partial charge on any atom is 0.150 e. The number of halogens is 1. The predicted octanol–water partition coefficient (Wildman–Crippen LogP) is 3.38. The summed E-state index contributed by atoms with van der Waals surface area (Å²) in [5.41, 5.74) is 1.36. The summed E-state index contributed by atoms with van der Waals surface area (Å²) < 4.78 is 0. The third kappa shape index (κ3) is 2.40. The Bertz CT molecular complexity index is 334. The third-order valence-corrected chi connectivity index (χ3v) is 3.55. The number of carbonyl (C=O) groups is 1. The number of alkyl halides is 1. The molecule has 1 aliphatic carbocycles. The van der Waals surface area contributed by atoms with Crippen molar-refractivity contribution in [2.24, 2.45) is 5.92 Å². The van der Waals surface area contributed by atoms with Crippen molar-refractivity contribution in [1.82, 2.24) is 0 Å². The molecule has 1 fully saturated rings. The third-order valence-electron chi connectivity index (χ3n) is 3.29. The summed E-state index contributed by atoms with van der Waals surface area (Å²) in [6.07, 6.45) is 3.11. The predicted molar refractivity (Wildman–Crippen MR) is 62.3 cm³/mol. The van der Waals surface area contributed by atoms with E-state index in [1.807, 2.05) is 6.07 Å². The van der Waals surface area contributed by atoms with Gasteiger partial charge in [0.15, 0.2) is 5.78 Å². The average molecular weight is 223 g/mol. The van der Waals surface area contributed by atoms with Crippen molar-refractivity contribution in [3.05, 3.63) is 35.9 Å². The van der Waals surface area contributed by atoms with Crippen LogP contribution in [0.5, 0.6) is 0 Å². The Morgan fingerprint density at radius 1 is 1.27 bits per heavy atom. The highest BCUT2D eigenvalue weighted by Gasteiger charge is 2.29. The van der Waals surface area contributed by atoms with Gasteiger partial charge in [0.05, 0.1) is 5.88 Å². The van der Waals surface area contributed by atoms with Crippen LogP contribution in [-0.2, 0) is 4.79 Å². The molecule has 0 heterocycles. The Kier molecular flexibility index (Phi) is 3.42. The second-order valence-corrected chi connectivity index (χ2v) is 4.48. The molecule has 80 valence electrons. The summed E-state index contributed by atoms with van der Waals surface area (Å²) in [5, 5.41) is 0. The maximum atomic E-state index is 11.5. The Hall–Kier alpha value is -0.820. The molecule has 2 atom stereocenters. The van der Waals surface area contributed by atoms with Gasteiger partial charge in [-0.3, -0.25) is 4.79 Å². The number of carbonyl (C=O) groups excluding carboxylic acids is 1. The van der Waals surface area contributed by atoms with Crippen LogP contribution in [-0.4, -0.2) is 11.7 Å². The largest absolute Gasteiger partial charge is 0.298 e. The zero-order valence-corrected chi connectivity index (χ0v) is 9.41. The Morgan fingerprint density at radius 2 is 2.00 bits per heavy atom. The molecule has 0 bridgehead atoms. The molecule has 15 heavy (non-hydrogen) atoms. The van der Waals surface area contributed by atoms with E-state index in [4.69, 9.17) is 11.6 Å². The summed E-state index contributed by atoms with van der Waals surface area (Å²) in [4.78, 5) is 11.5. The van der Waals surface area contributed by atoms with Crippen molar-refractivity contribution in [2.75, 3.05) is 5.88 Å². The van der Waals surface area contributed by atoms with Crippen molar-refractivity contribution >= 4 is 17.4 Å². The van der Waals surface area contributed by atoms with Gasteiger partial charge in [-0.15, -0.1) is 11.6 Å². The number of ketones is 1. The first kappa shape index (κ1) is 10.7. The van der Waals surface area contributed by atoms with Crippen molar-refractivity contribution in [2.45, 2.75) is 25.2 Å². The number of hydrogen-bond acceptors (Lipinski definition) is 1. The van der Waals surface area contributed by atoms with Gasteiger partial charge in [0.2, 0.25) is 0 Å². The van der Waals surface area contributed by atoms with E-state index in [0.717, 1.165) is 19.3 Å². The zero-order chi connectivity index (χ0) is 10.7. The molecule has 0 amide bonds. The van der Waals surface area contributed by atoms with Crippen LogP contribution in [0.2, 0.25) is 0 Å². The fraction of sp³-hybridized carbons (Fsp3) is 0.462. The van der Waals surface area contributed by atoms with E-state index < -0.39 is 0 Å². The standard InChI is InChI=1S/C13H15ClO/c14-9-13(15)12-7-6-11(8-12)10-4-2-1-3-5-10/h1-5,11-12H,6-9H2/t11-,12+/m1/s1. The van der Waals surface area contributed by atoms with Gasteiger partial charge in [0, 0.05) is 5.92 Å². The molecule has 2 rings (SSSR count). The maximum absolute atomic E-state index is 11.5. The van der Waals surface area contributed by atoms with Gasteiger partial charge < -0.3 is 0 Å². The second-order valence-electron chi connectivity index (χ2n) is 4.22. The van der Waals surface area contributed by atoms with E-state index in [9.17, 15) is 4.79 Å². The van der Waals surface area contributed by atoms with Crippen LogP contribution in [0.1, 0.15) is 30.7 Å². The lowest BCUT2D eigenvalue weighted by atomic mass is 9.95. The van der Waals surface area contributed by atoms with Crippen molar-refractivity contribution < 1.29 is 4.79 Å². The Labute approximate surface area is 95.4 Å². The second kappa shape index (κ2) is 4.80. The van der Waals surface area contributed by atoms with Crippen LogP contribution in [0.4, 0.5) is 0 Å². The lowest BCUT2D eigenvalue weighted by Gasteiger charge is -2.09. The molecule has 0 aliphatic heterocycles. The Balaban J connectivity index is 2.02. The molecule has 1 aromatic rings. The smallest absolute Gasteiger partial charge is 0.150 e. The van der Waals surface area contributed by atoms with Crippen LogP contribution in [0.25, 0.3) is 0 Å². The molecular formula is C13H15ClO. The first-order chi connectivity index (χ1) is 7.31. The highest BCUT2D eigenvalue weighted by Crippen LogP contribution is 2.38. The summed E-state index contributed by atoms with van der Waals surface area (Å²) in [6.45, 7) is 0. The van der Waals surface area contributed by atoms with Crippen molar-refractivity contribution in [3.63, 3.8) is 0 Å². The quantitative estimate of drug-likeness (QED) is 0.717. The fourth-order valence-electron chi connectivity index (χ4n) is 2.41. The minimum Gasteiger partial charge on any atom is -0.298 e. The monoisotopic (exact) mass is 222 g/mol. The van der Waals surface area contributed by atoms with E-state index in [1.165, 1.54) is 5.56 Å². The topological polar surface area (TPSA) is 17.1 Å². The molecular weight excluding hydrogens is 208 g/mol. The van der Waals surface area contributed by atoms with Gasteiger partial charge in [-0.25, -0.2) is 0 Å². The molecule has 0 N–H and O–H groups in total. The van der Waals surface area contributed by atoms with Gasteiger partial charge in [0.25, 0.3) is 0 Å². The summed E-state index contributed by atoms with van der Waals surface area (Å²) in [7, 11) is 0. The lowest BCUT2D eigenvalue weighted by Crippen LogP contribution is -2.12. The normalized spacial score (nSPS) is 25.4. The lowest BCUT2D eigenvalue weighted by molar-refractivity contribution is -0.120. The van der Waals surface area contributed by atoms with Gasteiger partial charge >= 0.3 is 0 Å². The molecule has 0 unspecified atom stereocenters. The van der Waals surface area contributed by atoms with Gasteiger partial charge in [0.1, 0.15) is 0 Å². The van der Waals surface area contributed by atoms with Gasteiger partial charge in [-0.1, -0.05) is 30.3 Å². The van der Waals surface area contributed by atoms with Crippen molar-refractivity contribution in [1.29, 1.82) is 0 Å². The van der Waals surface area contributed by atoms with E-state index in [0.29, 0.717) is 5.92 Å². The van der Waals surface area contributed by atoms with E-state index in [-0.39, 0.29) is 17.6 Å². The summed E-state index contributed by atoms with van der Waals surface area (Å²) in [5.74, 6) is 1.15. The molecule has 1 nitrogen and oxygen atoms in total. The minimum absolute atomic E-state index is 0.173. The van der Waals surface area contributed by atoms with E-state index in [2.05, 4.69) is 24.3 Å². The zero-order valence-electron chi connectivity index (χ0n) is 8.66. The van der Waals surface area contributed by atoms with Crippen LogP contribution in [0, 0.1) is 5.92 Å². The molecule has 0 aromatic heterocycles. The van der Waals surface area contributed by atoms with E-state index >= 15 is 0 Å². The highest BCUT2D eigenvalue weighted by atomic mass is 35.5. The fourth-order valence-corrected chi connectivity index (χ4v) is 2.63. The number of rotatable bonds is 3. The molecule has 0 spiro atoms. The Morgan fingerprint density at radius 3 is 2.67 bits per heavy atom.